The van der Waals surface area contributed by atoms with Crippen molar-refractivity contribution in [1.82, 2.24) is 30.0 Å². The van der Waals surface area contributed by atoms with Crippen molar-refractivity contribution in [1.29, 1.82) is 0 Å². The fraction of sp³-hybridized carbons (Fsp3) is 0.421. The molecule has 0 atom stereocenters. The maximum absolute atomic E-state index is 13.0. The van der Waals surface area contributed by atoms with E-state index in [1.54, 1.807) is 15.8 Å². The largest absolute Gasteiger partial charge is 0.338 e. The quantitative estimate of drug-likeness (QED) is 0.687. The molecule has 1 aliphatic heterocycles. The fourth-order valence-electron chi connectivity index (χ4n) is 3.24. The summed E-state index contributed by atoms with van der Waals surface area (Å²) in [6.07, 6.45) is 3.33. The lowest BCUT2D eigenvalue weighted by molar-refractivity contribution is 0.0689. The van der Waals surface area contributed by atoms with E-state index in [4.69, 9.17) is 4.52 Å². The van der Waals surface area contributed by atoms with Crippen molar-refractivity contribution < 1.29 is 13.7 Å². The Labute approximate surface area is 161 Å². The summed E-state index contributed by atoms with van der Waals surface area (Å²) in [4.78, 5) is 18.7. The number of nitrogens with zero attached hydrogens (tertiary/aromatic N) is 6. The van der Waals surface area contributed by atoms with Crippen molar-refractivity contribution in [2.45, 2.75) is 38.6 Å². The molecule has 0 N–H and O–H groups in total. The molecule has 1 fully saturated rings. The standard InChI is InChI=1S/C19H21FN6O2/c1-12(2)17-21-18(28-23-17)16-11-26(24-22-16)15-7-9-25(10-8-15)19(27)13-3-5-14(20)6-4-13/h3-6,11-12,15H,7-10H2,1-2H3. The summed E-state index contributed by atoms with van der Waals surface area (Å²) >= 11 is 0. The Bertz CT molecular complexity index is 957. The minimum absolute atomic E-state index is 0.0789. The molecule has 2 aromatic heterocycles. The highest BCUT2D eigenvalue weighted by atomic mass is 19.1. The highest BCUT2D eigenvalue weighted by molar-refractivity contribution is 5.94. The van der Waals surface area contributed by atoms with Gasteiger partial charge in [0.25, 0.3) is 11.8 Å². The molecular formula is C19H21FN6O2. The number of hydrogen-bond acceptors (Lipinski definition) is 6. The Hall–Kier alpha value is -3.10. The number of likely N-dealkylation sites (tertiary alicyclic amines) is 1. The maximum Gasteiger partial charge on any atom is 0.280 e. The highest BCUT2D eigenvalue weighted by Gasteiger charge is 2.26. The van der Waals surface area contributed by atoms with Crippen LogP contribution in [-0.2, 0) is 0 Å². The molecule has 0 spiro atoms. The van der Waals surface area contributed by atoms with Gasteiger partial charge in [-0.2, -0.15) is 4.98 Å². The number of piperidine rings is 1. The Kier molecular flexibility index (Phi) is 4.89. The first-order valence-corrected chi connectivity index (χ1v) is 9.32. The van der Waals surface area contributed by atoms with Crippen LogP contribution >= 0.6 is 0 Å². The molecular weight excluding hydrogens is 363 g/mol. The normalized spacial score (nSPS) is 15.4. The Morgan fingerprint density at radius 2 is 1.93 bits per heavy atom. The van der Waals surface area contributed by atoms with Crippen molar-refractivity contribution in [3.63, 3.8) is 0 Å². The average Bonchev–Trinajstić information content (AvgIpc) is 3.38. The molecule has 9 heteroatoms. The zero-order valence-corrected chi connectivity index (χ0v) is 15.7. The van der Waals surface area contributed by atoms with Gasteiger partial charge in [-0.3, -0.25) is 4.79 Å². The molecule has 0 unspecified atom stereocenters. The Balaban J connectivity index is 1.39. The van der Waals surface area contributed by atoms with Gasteiger partial charge < -0.3 is 9.42 Å². The van der Waals surface area contributed by atoms with Gasteiger partial charge in [-0.05, 0) is 37.1 Å². The molecule has 1 aromatic carbocycles. The molecule has 0 bridgehead atoms. The molecule has 4 rings (SSSR count). The number of carbonyl (C=O) groups is 1. The first-order chi connectivity index (χ1) is 13.5. The van der Waals surface area contributed by atoms with Crippen LogP contribution in [0.5, 0.6) is 0 Å². The van der Waals surface area contributed by atoms with Crippen molar-refractivity contribution >= 4 is 5.91 Å². The van der Waals surface area contributed by atoms with Crippen LogP contribution in [0.2, 0.25) is 0 Å². The molecule has 1 amide bonds. The number of benzene rings is 1. The molecule has 28 heavy (non-hydrogen) atoms. The van der Waals surface area contributed by atoms with Crippen LogP contribution in [0.1, 0.15) is 54.8 Å². The van der Waals surface area contributed by atoms with E-state index in [0.717, 1.165) is 12.8 Å². The molecule has 1 aliphatic rings. The number of carbonyl (C=O) groups excluding carboxylic acids is 1. The number of aromatic nitrogens is 5. The third-order valence-electron chi connectivity index (χ3n) is 4.90. The third kappa shape index (κ3) is 3.64. The molecule has 0 saturated carbocycles. The van der Waals surface area contributed by atoms with E-state index in [-0.39, 0.29) is 23.7 Å². The van der Waals surface area contributed by atoms with E-state index in [1.807, 2.05) is 13.8 Å². The van der Waals surface area contributed by atoms with E-state index < -0.39 is 0 Å². The van der Waals surface area contributed by atoms with Crippen LogP contribution in [0.4, 0.5) is 4.39 Å². The summed E-state index contributed by atoms with van der Waals surface area (Å²) in [5.41, 5.74) is 1.05. The molecule has 3 aromatic rings. The van der Waals surface area contributed by atoms with Gasteiger partial charge in [-0.1, -0.05) is 24.2 Å². The van der Waals surface area contributed by atoms with Crippen molar-refractivity contribution in [2.24, 2.45) is 0 Å². The summed E-state index contributed by atoms with van der Waals surface area (Å²) in [5.74, 6) is 0.746. The topological polar surface area (TPSA) is 89.9 Å². The van der Waals surface area contributed by atoms with Crippen LogP contribution in [0, 0.1) is 5.82 Å². The molecule has 3 heterocycles. The Morgan fingerprint density at radius 3 is 2.57 bits per heavy atom. The van der Waals surface area contributed by atoms with Gasteiger partial charge in [0, 0.05) is 24.6 Å². The van der Waals surface area contributed by atoms with Gasteiger partial charge in [0.2, 0.25) is 0 Å². The second kappa shape index (κ2) is 7.49. The van der Waals surface area contributed by atoms with Crippen molar-refractivity contribution in [3.05, 3.63) is 47.7 Å². The van der Waals surface area contributed by atoms with Crippen LogP contribution in [0.3, 0.4) is 0 Å². The molecule has 8 nitrogen and oxygen atoms in total. The summed E-state index contributed by atoms with van der Waals surface area (Å²) < 4.78 is 20.1. The molecule has 0 aliphatic carbocycles. The predicted octanol–water partition coefficient (Wildman–Crippen LogP) is 3.07. The minimum Gasteiger partial charge on any atom is -0.338 e. The van der Waals surface area contributed by atoms with Gasteiger partial charge >= 0.3 is 0 Å². The van der Waals surface area contributed by atoms with E-state index in [9.17, 15) is 9.18 Å². The fourth-order valence-corrected chi connectivity index (χ4v) is 3.24. The second-order valence-electron chi connectivity index (χ2n) is 7.23. The monoisotopic (exact) mass is 384 g/mol. The zero-order valence-electron chi connectivity index (χ0n) is 15.7. The van der Waals surface area contributed by atoms with Crippen LogP contribution < -0.4 is 0 Å². The molecule has 1 saturated heterocycles. The van der Waals surface area contributed by atoms with E-state index >= 15 is 0 Å². The maximum atomic E-state index is 13.0. The van der Waals surface area contributed by atoms with Gasteiger partial charge in [-0.15, -0.1) is 5.10 Å². The lowest BCUT2D eigenvalue weighted by atomic mass is 10.0. The number of amides is 1. The summed E-state index contributed by atoms with van der Waals surface area (Å²) in [6, 6.07) is 5.79. The van der Waals surface area contributed by atoms with Crippen molar-refractivity contribution in [3.8, 4) is 11.6 Å². The number of halogens is 1. The van der Waals surface area contributed by atoms with Crippen LogP contribution in [0.25, 0.3) is 11.6 Å². The summed E-state index contributed by atoms with van der Waals surface area (Å²) in [7, 11) is 0. The second-order valence-corrected chi connectivity index (χ2v) is 7.23. The molecule has 0 radical (unpaired) electrons. The minimum atomic E-state index is -0.348. The third-order valence-corrected chi connectivity index (χ3v) is 4.90. The first kappa shape index (κ1) is 18.3. The lowest BCUT2D eigenvalue weighted by Gasteiger charge is -2.31. The van der Waals surface area contributed by atoms with Gasteiger partial charge in [0.1, 0.15) is 5.82 Å². The number of hydrogen-bond donors (Lipinski definition) is 0. The van der Waals surface area contributed by atoms with Gasteiger partial charge in [0.05, 0.1) is 12.2 Å². The lowest BCUT2D eigenvalue weighted by Crippen LogP contribution is -2.39. The smallest absolute Gasteiger partial charge is 0.280 e. The van der Waals surface area contributed by atoms with Gasteiger partial charge in [0.15, 0.2) is 11.5 Å². The Morgan fingerprint density at radius 1 is 1.21 bits per heavy atom. The highest BCUT2D eigenvalue weighted by Crippen LogP contribution is 2.25. The molecule has 146 valence electrons. The van der Waals surface area contributed by atoms with Gasteiger partial charge in [-0.25, -0.2) is 9.07 Å². The first-order valence-electron chi connectivity index (χ1n) is 9.32. The van der Waals surface area contributed by atoms with E-state index in [0.29, 0.717) is 36.1 Å². The summed E-state index contributed by atoms with van der Waals surface area (Å²) in [5, 5.41) is 12.3. The predicted molar refractivity (Wildman–Crippen MR) is 98.0 cm³/mol. The zero-order chi connectivity index (χ0) is 19.7. The van der Waals surface area contributed by atoms with E-state index in [2.05, 4.69) is 20.5 Å². The number of rotatable bonds is 4. The average molecular weight is 384 g/mol. The SMILES string of the molecule is CC(C)c1noc(-c2cn(C3CCN(C(=O)c4ccc(F)cc4)CC3)nn2)n1. The summed E-state index contributed by atoms with van der Waals surface area (Å²) in [6.45, 7) is 5.20. The van der Waals surface area contributed by atoms with Crippen LogP contribution in [-0.4, -0.2) is 49.0 Å². The van der Waals surface area contributed by atoms with Crippen molar-refractivity contribution in [2.75, 3.05) is 13.1 Å². The van der Waals surface area contributed by atoms with Crippen LogP contribution in [0.15, 0.2) is 35.0 Å². The van der Waals surface area contributed by atoms with E-state index in [1.165, 1.54) is 24.3 Å².